The third-order valence-electron chi connectivity index (χ3n) is 3.35. The number of aliphatic imine (C=N–C) groups is 1. The molecule has 0 radical (unpaired) electrons. The van der Waals surface area contributed by atoms with Crippen LogP contribution in [0.3, 0.4) is 0 Å². The first-order valence-corrected chi connectivity index (χ1v) is 8.03. The summed E-state index contributed by atoms with van der Waals surface area (Å²) in [5.74, 6) is 2.02. The molecule has 0 saturated carbocycles. The molecule has 6 nitrogen and oxygen atoms in total. The van der Waals surface area contributed by atoms with Crippen LogP contribution in [0, 0.1) is 10.1 Å². The molecule has 1 atom stereocenters. The molecule has 0 spiro atoms. The summed E-state index contributed by atoms with van der Waals surface area (Å²) in [7, 11) is 1.74. The maximum Gasteiger partial charge on any atom is 0.269 e. The summed E-state index contributed by atoms with van der Waals surface area (Å²) in [5.41, 5.74) is 1.10. The number of halogens is 1. The minimum atomic E-state index is -0.392. The zero-order valence-electron chi connectivity index (χ0n) is 12.4. The van der Waals surface area contributed by atoms with E-state index in [1.54, 1.807) is 19.2 Å². The second kappa shape index (κ2) is 9.88. The Hall–Kier alpha value is -1.03. The van der Waals surface area contributed by atoms with E-state index < -0.39 is 4.92 Å². The van der Waals surface area contributed by atoms with Crippen molar-refractivity contribution in [2.75, 3.05) is 19.3 Å². The molecule has 122 valence electrons. The molecule has 0 bridgehead atoms. The first-order valence-electron chi connectivity index (χ1n) is 6.98. The molecule has 1 aromatic rings. The molecule has 2 rings (SSSR count). The summed E-state index contributed by atoms with van der Waals surface area (Å²) < 4.78 is 0. The molecule has 2 N–H and O–H groups in total. The van der Waals surface area contributed by atoms with Gasteiger partial charge in [0.05, 0.1) is 4.92 Å². The van der Waals surface area contributed by atoms with E-state index in [0.29, 0.717) is 11.8 Å². The maximum absolute atomic E-state index is 10.6. The van der Waals surface area contributed by atoms with Gasteiger partial charge in [-0.05, 0) is 24.2 Å². The first kappa shape index (κ1) is 19.0. The van der Waals surface area contributed by atoms with E-state index >= 15 is 0 Å². The highest BCUT2D eigenvalue weighted by Crippen LogP contribution is 2.25. The van der Waals surface area contributed by atoms with Crippen LogP contribution in [0.5, 0.6) is 0 Å². The standard InChI is InChI=1S/C14H20N4O2S.HI/c1-15-14(17-10-13-3-2-8-21-13)16-9-11-4-6-12(7-5-11)18(19)20;/h4-7,13H,2-3,8-10H2,1H3,(H2,15,16,17);1H. The minimum absolute atomic E-state index is 0. The van der Waals surface area contributed by atoms with Gasteiger partial charge in [-0.2, -0.15) is 11.8 Å². The lowest BCUT2D eigenvalue weighted by molar-refractivity contribution is -0.384. The zero-order chi connectivity index (χ0) is 15.1. The second-order valence-corrected chi connectivity index (χ2v) is 6.27. The van der Waals surface area contributed by atoms with Crippen molar-refractivity contribution in [2.45, 2.75) is 24.6 Å². The van der Waals surface area contributed by atoms with Crippen LogP contribution >= 0.6 is 35.7 Å². The fourth-order valence-corrected chi connectivity index (χ4v) is 3.36. The lowest BCUT2D eigenvalue weighted by Crippen LogP contribution is -2.39. The number of guanidine groups is 1. The summed E-state index contributed by atoms with van der Waals surface area (Å²) in [6, 6.07) is 6.54. The number of hydrogen-bond donors (Lipinski definition) is 2. The highest BCUT2D eigenvalue weighted by molar-refractivity contribution is 14.0. The van der Waals surface area contributed by atoms with Gasteiger partial charge in [0.1, 0.15) is 0 Å². The van der Waals surface area contributed by atoms with Gasteiger partial charge in [0.2, 0.25) is 0 Å². The Morgan fingerprint density at radius 2 is 2.14 bits per heavy atom. The van der Waals surface area contributed by atoms with Crippen LogP contribution in [0.4, 0.5) is 5.69 Å². The number of nitrogens with zero attached hydrogens (tertiary/aromatic N) is 2. The van der Waals surface area contributed by atoms with Crippen molar-refractivity contribution < 1.29 is 4.92 Å². The summed E-state index contributed by atoms with van der Waals surface area (Å²) in [4.78, 5) is 14.4. The van der Waals surface area contributed by atoms with Crippen LogP contribution < -0.4 is 10.6 Å². The van der Waals surface area contributed by atoms with E-state index in [-0.39, 0.29) is 29.7 Å². The van der Waals surface area contributed by atoms with Crippen LogP contribution in [0.2, 0.25) is 0 Å². The monoisotopic (exact) mass is 436 g/mol. The summed E-state index contributed by atoms with van der Waals surface area (Å²) in [6.45, 7) is 1.51. The number of thioether (sulfide) groups is 1. The number of nitro groups is 1. The lowest BCUT2D eigenvalue weighted by atomic mass is 10.2. The summed E-state index contributed by atoms with van der Waals surface area (Å²) in [6.07, 6.45) is 2.56. The Morgan fingerprint density at radius 1 is 1.41 bits per heavy atom. The minimum Gasteiger partial charge on any atom is -0.355 e. The molecule has 8 heteroatoms. The quantitative estimate of drug-likeness (QED) is 0.244. The largest absolute Gasteiger partial charge is 0.355 e. The lowest BCUT2D eigenvalue weighted by Gasteiger charge is -2.14. The summed E-state index contributed by atoms with van der Waals surface area (Å²) in [5, 5.41) is 17.8. The van der Waals surface area contributed by atoms with Gasteiger partial charge in [0.15, 0.2) is 5.96 Å². The number of rotatable bonds is 5. The van der Waals surface area contributed by atoms with E-state index in [1.165, 1.54) is 30.7 Å². The van der Waals surface area contributed by atoms with Gasteiger partial charge >= 0.3 is 0 Å². The summed E-state index contributed by atoms with van der Waals surface area (Å²) >= 11 is 2.00. The van der Waals surface area contributed by atoms with Crippen molar-refractivity contribution in [3.8, 4) is 0 Å². The van der Waals surface area contributed by atoms with Crippen LogP contribution in [0.25, 0.3) is 0 Å². The molecule has 1 unspecified atom stereocenters. The average molecular weight is 436 g/mol. The molecule has 1 aliphatic heterocycles. The third kappa shape index (κ3) is 5.99. The molecule has 1 fully saturated rings. The third-order valence-corrected chi connectivity index (χ3v) is 4.75. The predicted octanol–water partition coefficient (Wildman–Crippen LogP) is 2.77. The van der Waals surface area contributed by atoms with Gasteiger partial charge in [-0.3, -0.25) is 15.1 Å². The first-order chi connectivity index (χ1) is 10.2. The topological polar surface area (TPSA) is 79.6 Å². The molecule has 0 amide bonds. The van der Waals surface area contributed by atoms with Crippen molar-refractivity contribution in [1.82, 2.24) is 10.6 Å². The Bertz CT molecular complexity index is 504. The molecule has 1 aliphatic rings. The van der Waals surface area contributed by atoms with E-state index in [0.717, 1.165) is 18.1 Å². The molecule has 22 heavy (non-hydrogen) atoms. The van der Waals surface area contributed by atoms with Crippen LogP contribution in [0.15, 0.2) is 29.3 Å². The molecular weight excluding hydrogens is 415 g/mol. The smallest absolute Gasteiger partial charge is 0.269 e. The van der Waals surface area contributed by atoms with Crippen LogP contribution in [-0.4, -0.2) is 35.5 Å². The van der Waals surface area contributed by atoms with Gasteiger partial charge in [-0.1, -0.05) is 12.1 Å². The van der Waals surface area contributed by atoms with Crippen LogP contribution in [-0.2, 0) is 6.54 Å². The van der Waals surface area contributed by atoms with Crippen molar-refractivity contribution in [1.29, 1.82) is 0 Å². The molecule has 0 aromatic heterocycles. The maximum atomic E-state index is 10.6. The number of benzene rings is 1. The van der Waals surface area contributed by atoms with Crippen molar-refractivity contribution >= 4 is 47.4 Å². The second-order valence-electron chi connectivity index (χ2n) is 4.87. The molecule has 0 aliphatic carbocycles. The van der Waals surface area contributed by atoms with Gasteiger partial charge in [0, 0.05) is 37.5 Å². The van der Waals surface area contributed by atoms with E-state index in [1.807, 2.05) is 11.8 Å². The predicted molar refractivity (Wildman–Crippen MR) is 102 cm³/mol. The molecular formula is C14H21IN4O2S. The Balaban J connectivity index is 0.00000242. The van der Waals surface area contributed by atoms with Crippen molar-refractivity contribution in [2.24, 2.45) is 4.99 Å². The van der Waals surface area contributed by atoms with E-state index in [4.69, 9.17) is 0 Å². The van der Waals surface area contributed by atoms with Gasteiger partial charge in [0.25, 0.3) is 5.69 Å². The number of non-ortho nitro benzene ring substituents is 1. The number of nitro benzene ring substituents is 1. The van der Waals surface area contributed by atoms with Gasteiger partial charge in [-0.15, -0.1) is 24.0 Å². The van der Waals surface area contributed by atoms with Crippen molar-refractivity contribution in [3.63, 3.8) is 0 Å². The Morgan fingerprint density at radius 3 is 2.68 bits per heavy atom. The highest BCUT2D eigenvalue weighted by Gasteiger charge is 2.15. The number of nitrogens with one attached hydrogen (secondary N) is 2. The molecule has 1 aromatic carbocycles. The van der Waals surface area contributed by atoms with E-state index in [9.17, 15) is 10.1 Å². The number of hydrogen-bond acceptors (Lipinski definition) is 4. The van der Waals surface area contributed by atoms with Crippen LogP contribution in [0.1, 0.15) is 18.4 Å². The average Bonchev–Trinajstić information content (AvgIpc) is 3.01. The fraction of sp³-hybridized carbons (Fsp3) is 0.500. The normalized spacial score (nSPS) is 17.7. The fourth-order valence-electron chi connectivity index (χ4n) is 2.16. The highest BCUT2D eigenvalue weighted by atomic mass is 127. The van der Waals surface area contributed by atoms with Crippen molar-refractivity contribution in [3.05, 3.63) is 39.9 Å². The molecule has 1 heterocycles. The van der Waals surface area contributed by atoms with Gasteiger partial charge < -0.3 is 10.6 Å². The zero-order valence-corrected chi connectivity index (χ0v) is 15.6. The Labute approximate surface area is 151 Å². The molecule has 1 saturated heterocycles. The Kier molecular flexibility index (Phi) is 8.54. The SMILES string of the molecule is CN=C(NCc1ccc([N+](=O)[O-])cc1)NCC1CCCS1.I. The van der Waals surface area contributed by atoms with Gasteiger partial charge in [-0.25, -0.2) is 0 Å². The van der Waals surface area contributed by atoms with E-state index in [2.05, 4.69) is 15.6 Å².